The first-order valence-electron chi connectivity index (χ1n) is 9.80. The average Bonchev–Trinajstić information content (AvgIpc) is 3.12. The number of carbonyl (C=O) groups is 1. The minimum atomic E-state index is -4.48. The van der Waals surface area contributed by atoms with Crippen molar-refractivity contribution in [2.75, 3.05) is 5.32 Å². The number of nitrogens with one attached hydrogen (secondary N) is 2. The quantitative estimate of drug-likeness (QED) is 0.703. The highest BCUT2D eigenvalue weighted by atomic mass is 35.5. The van der Waals surface area contributed by atoms with E-state index in [0.717, 1.165) is 36.8 Å². The van der Waals surface area contributed by atoms with E-state index in [1.165, 1.54) is 6.07 Å². The van der Waals surface area contributed by atoms with Crippen LogP contribution in [0.25, 0.3) is 0 Å². The van der Waals surface area contributed by atoms with Gasteiger partial charge in [0, 0.05) is 23.6 Å². The van der Waals surface area contributed by atoms with Crippen LogP contribution in [0.1, 0.15) is 66.7 Å². The van der Waals surface area contributed by atoms with Gasteiger partial charge in [0.15, 0.2) is 11.7 Å². The molecule has 0 spiro atoms. The largest absolute Gasteiger partial charge is 0.410 e. The Bertz CT molecular complexity index is 875. The van der Waals surface area contributed by atoms with Gasteiger partial charge in [-0.15, -0.1) is 0 Å². The summed E-state index contributed by atoms with van der Waals surface area (Å²) in [6, 6.07) is 5.80. The number of nitrogens with zero attached hydrogens (tertiary/aromatic N) is 2. The molecule has 2 heterocycles. The number of carbonyl (C=O) groups excluding carboxylic acids is 1. The lowest BCUT2D eigenvalue weighted by molar-refractivity contribution is -0.173. The third-order valence-corrected chi connectivity index (χ3v) is 5.89. The topological polar surface area (TPSA) is 59.0 Å². The van der Waals surface area contributed by atoms with Gasteiger partial charge in [0.2, 0.25) is 0 Å². The zero-order valence-electron chi connectivity index (χ0n) is 15.7. The Hall–Kier alpha value is -2.22. The van der Waals surface area contributed by atoms with Crippen LogP contribution in [0.2, 0.25) is 5.02 Å². The van der Waals surface area contributed by atoms with E-state index in [1.54, 1.807) is 24.3 Å². The molecule has 1 saturated carbocycles. The predicted molar refractivity (Wildman–Crippen MR) is 104 cm³/mol. The molecule has 1 aliphatic carbocycles. The van der Waals surface area contributed by atoms with E-state index in [0.29, 0.717) is 10.6 Å². The Morgan fingerprint density at radius 1 is 1.17 bits per heavy atom. The normalized spacial score (nSPS) is 22.6. The molecule has 2 aromatic rings. The second-order valence-electron chi connectivity index (χ2n) is 7.71. The van der Waals surface area contributed by atoms with E-state index in [2.05, 4.69) is 15.7 Å². The first kappa shape index (κ1) is 20.1. The summed E-state index contributed by atoms with van der Waals surface area (Å²) in [5.74, 6) is -0.239. The molecule has 1 aromatic carbocycles. The first-order chi connectivity index (χ1) is 13.8. The van der Waals surface area contributed by atoms with Crippen molar-refractivity contribution in [3.63, 3.8) is 0 Å². The first-order valence-corrected chi connectivity index (χ1v) is 10.2. The number of benzene rings is 1. The van der Waals surface area contributed by atoms with Crippen molar-refractivity contribution < 1.29 is 18.0 Å². The molecule has 2 aliphatic rings. The van der Waals surface area contributed by atoms with Crippen molar-refractivity contribution >= 4 is 23.3 Å². The Morgan fingerprint density at radius 3 is 2.52 bits per heavy atom. The van der Waals surface area contributed by atoms with Crippen LogP contribution in [0.4, 0.5) is 19.0 Å². The predicted octanol–water partition coefficient (Wildman–Crippen LogP) is 5.26. The average molecular weight is 427 g/mol. The van der Waals surface area contributed by atoms with Gasteiger partial charge < -0.3 is 10.6 Å². The molecule has 29 heavy (non-hydrogen) atoms. The third kappa shape index (κ3) is 4.37. The Balaban J connectivity index is 1.59. The van der Waals surface area contributed by atoms with Crippen LogP contribution >= 0.6 is 11.6 Å². The molecular formula is C20H22ClF3N4O. The van der Waals surface area contributed by atoms with Crippen molar-refractivity contribution in [3.8, 4) is 0 Å². The van der Waals surface area contributed by atoms with Crippen molar-refractivity contribution in [2.24, 2.45) is 0 Å². The lowest BCUT2D eigenvalue weighted by Gasteiger charge is -2.33. The number of halogens is 4. The minimum Gasteiger partial charge on any atom is -0.363 e. The summed E-state index contributed by atoms with van der Waals surface area (Å²) in [7, 11) is 0. The molecular weight excluding hydrogens is 405 g/mol. The zero-order valence-corrected chi connectivity index (χ0v) is 16.4. The number of hydrogen-bond acceptors (Lipinski definition) is 3. The van der Waals surface area contributed by atoms with Gasteiger partial charge in [0.1, 0.15) is 5.82 Å². The van der Waals surface area contributed by atoms with E-state index in [1.807, 2.05) is 0 Å². The van der Waals surface area contributed by atoms with E-state index < -0.39 is 24.2 Å². The summed E-state index contributed by atoms with van der Waals surface area (Å²) < 4.78 is 42.1. The molecule has 1 aliphatic heterocycles. The molecule has 9 heteroatoms. The molecule has 0 radical (unpaired) electrons. The van der Waals surface area contributed by atoms with Crippen LogP contribution in [0, 0.1) is 0 Å². The molecule has 2 atom stereocenters. The Kier molecular flexibility index (Phi) is 5.46. The summed E-state index contributed by atoms with van der Waals surface area (Å²) in [5.41, 5.74) is 0.702. The molecule has 4 rings (SSSR count). The van der Waals surface area contributed by atoms with Crippen LogP contribution < -0.4 is 10.6 Å². The summed E-state index contributed by atoms with van der Waals surface area (Å²) in [5, 5.41) is 10.5. The number of aromatic nitrogens is 2. The van der Waals surface area contributed by atoms with Crippen molar-refractivity contribution in [3.05, 3.63) is 46.6 Å². The lowest BCUT2D eigenvalue weighted by atomic mass is 9.95. The smallest absolute Gasteiger partial charge is 0.363 e. The van der Waals surface area contributed by atoms with Gasteiger partial charge in [0.25, 0.3) is 5.91 Å². The summed E-state index contributed by atoms with van der Waals surface area (Å²) in [6.07, 6.45) is 0.321. The van der Waals surface area contributed by atoms with Gasteiger partial charge in [-0.05, 0) is 30.5 Å². The Morgan fingerprint density at radius 2 is 1.86 bits per heavy atom. The van der Waals surface area contributed by atoms with Crippen LogP contribution in [0.5, 0.6) is 0 Å². The SMILES string of the molecule is O=C(NC1CCCCC1)c1cc2n(n1)[C@H](C(F)(F)F)C[C@H](c1ccc(Cl)cc1)N2. The molecule has 0 bridgehead atoms. The number of fused-ring (bicyclic) bond motifs is 1. The maximum atomic E-state index is 13.7. The van der Waals surface area contributed by atoms with Crippen molar-refractivity contribution in [2.45, 2.75) is 62.8 Å². The molecule has 156 valence electrons. The van der Waals surface area contributed by atoms with E-state index in [4.69, 9.17) is 11.6 Å². The fourth-order valence-corrected chi connectivity index (χ4v) is 4.23. The monoisotopic (exact) mass is 426 g/mol. The number of rotatable bonds is 3. The highest BCUT2D eigenvalue weighted by molar-refractivity contribution is 6.30. The van der Waals surface area contributed by atoms with Crippen molar-refractivity contribution in [1.82, 2.24) is 15.1 Å². The van der Waals surface area contributed by atoms with Gasteiger partial charge >= 0.3 is 6.18 Å². The summed E-state index contributed by atoms with van der Waals surface area (Å²) in [4.78, 5) is 12.6. The Labute approximate surface area is 171 Å². The minimum absolute atomic E-state index is 0.00378. The van der Waals surface area contributed by atoms with E-state index >= 15 is 0 Å². The zero-order chi connectivity index (χ0) is 20.6. The molecule has 5 nitrogen and oxygen atoms in total. The van der Waals surface area contributed by atoms with Crippen molar-refractivity contribution in [1.29, 1.82) is 0 Å². The van der Waals surface area contributed by atoms with Gasteiger partial charge in [-0.3, -0.25) is 4.79 Å². The highest BCUT2D eigenvalue weighted by Crippen LogP contribution is 2.43. The second-order valence-corrected chi connectivity index (χ2v) is 8.15. The number of amides is 1. The standard InChI is InChI=1S/C20H22ClF3N4O/c21-13-8-6-12(7-9-13)15-10-17(20(22,23)24)28-18(26-15)11-16(27-28)19(29)25-14-4-2-1-3-5-14/h6-9,11,14-15,17,26H,1-5,10H2,(H,25,29)/t15-,17+/m1/s1. The summed E-state index contributed by atoms with van der Waals surface area (Å²) in [6.45, 7) is 0. The van der Waals surface area contributed by atoms with Gasteiger partial charge in [-0.1, -0.05) is 43.0 Å². The van der Waals surface area contributed by atoms with Gasteiger partial charge in [-0.25, -0.2) is 4.68 Å². The fourth-order valence-electron chi connectivity index (χ4n) is 4.10. The van der Waals surface area contributed by atoms with E-state index in [9.17, 15) is 18.0 Å². The third-order valence-electron chi connectivity index (χ3n) is 5.64. The lowest BCUT2D eigenvalue weighted by Crippen LogP contribution is -2.37. The molecule has 2 N–H and O–H groups in total. The second kappa shape index (κ2) is 7.89. The molecule has 0 saturated heterocycles. The fraction of sp³-hybridized carbons (Fsp3) is 0.500. The summed E-state index contributed by atoms with van der Waals surface area (Å²) >= 11 is 5.89. The molecule has 0 unspecified atom stereocenters. The van der Waals surface area contributed by atoms with Gasteiger partial charge in [0.05, 0.1) is 6.04 Å². The van der Waals surface area contributed by atoms with Crippen LogP contribution in [-0.4, -0.2) is 27.9 Å². The molecule has 1 amide bonds. The van der Waals surface area contributed by atoms with Gasteiger partial charge in [-0.2, -0.15) is 18.3 Å². The van der Waals surface area contributed by atoms with Crippen LogP contribution in [0.3, 0.4) is 0 Å². The number of anilines is 1. The number of alkyl halides is 3. The number of hydrogen-bond donors (Lipinski definition) is 2. The van der Waals surface area contributed by atoms with Crippen LogP contribution in [0.15, 0.2) is 30.3 Å². The highest BCUT2D eigenvalue weighted by Gasteiger charge is 2.46. The van der Waals surface area contributed by atoms with E-state index in [-0.39, 0.29) is 24.0 Å². The molecule has 1 fully saturated rings. The molecule has 1 aromatic heterocycles. The van der Waals surface area contributed by atoms with Crippen LogP contribution in [-0.2, 0) is 0 Å². The maximum absolute atomic E-state index is 13.7. The maximum Gasteiger partial charge on any atom is 0.410 e.